The summed E-state index contributed by atoms with van der Waals surface area (Å²) in [5.41, 5.74) is 8.47. The van der Waals surface area contributed by atoms with Gasteiger partial charge in [0, 0.05) is 41.7 Å². The maximum atomic E-state index is 6.47. The lowest BCUT2D eigenvalue weighted by molar-refractivity contribution is 0.669. The van der Waals surface area contributed by atoms with Crippen LogP contribution in [-0.4, -0.2) is 0 Å². The van der Waals surface area contributed by atoms with Gasteiger partial charge in [0.1, 0.15) is 22.3 Å². The van der Waals surface area contributed by atoms with Crippen molar-refractivity contribution in [1.29, 1.82) is 0 Å². The van der Waals surface area contributed by atoms with E-state index in [9.17, 15) is 0 Å². The Hall–Kier alpha value is -5.90. The first kappa shape index (κ1) is 25.3. The van der Waals surface area contributed by atoms with Crippen molar-refractivity contribution >= 4 is 96.9 Å². The molecule has 11 rings (SSSR count). The Balaban J connectivity index is 1.22. The van der Waals surface area contributed by atoms with E-state index in [1.807, 2.05) is 23.5 Å². The molecule has 0 aliphatic heterocycles. The minimum absolute atomic E-state index is 0.908. The molecule has 47 heavy (non-hydrogen) atoms. The van der Waals surface area contributed by atoms with Crippen LogP contribution >= 0.6 is 11.3 Å². The highest BCUT2D eigenvalue weighted by Gasteiger charge is 2.20. The van der Waals surface area contributed by atoms with Gasteiger partial charge in [0.15, 0.2) is 0 Å². The average Bonchev–Trinajstić information content (AvgIpc) is 3.80. The molecule has 3 heteroatoms. The van der Waals surface area contributed by atoms with Gasteiger partial charge in [-0.2, -0.15) is 0 Å². The van der Waals surface area contributed by atoms with Crippen molar-refractivity contribution in [2.45, 2.75) is 0 Å². The fourth-order valence-corrected chi connectivity index (χ4v) is 8.98. The van der Waals surface area contributed by atoms with Crippen LogP contribution in [0.2, 0.25) is 0 Å². The number of hydrogen-bond donors (Lipinski definition) is 0. The van der Waals surface area contributed by atoms with Crippen molar-refractivity contribution in [3.8, 4) is 22.3 Å². The summed E-state index contributed by atoms with van der Waals surface area (Å²) in [6.07, 6.45) is 0. The minimum atomic E-state index is 0.908. The van der Waals surface area contributed by atoms with Crippen molar-refractivity contribution in [3.63, 3.8) is 0 Å². The van der Waals surface area contributed by atoms with Crippen LogP contribution in [0.5, 0.6) is 0 Å². The van der Waals surface area contributed by atoms with Gasteiger partial charge in [0.05, 0.1) is 0 Å². The third kappa shape index (κ3) is 3.49. The Morgan fingerprint density at radius 2 is 0.851 bits per heavy atom. The zero-order chi connectivity index (χ0) is 30.6. The number of furan rings is 2. The van der Waals surface area contributed by atoms with E-state index in [1.165, 1.54) is 63.8 Å². The average molecular weight is 617 g/mol. The smallest absolute Gasteiger partial charge is 0.136 e. The second kappa shape index (κ2) is 9.32. The Morgan fingerprint density at radius 1 is 0.319 bits per heavy atom. The fraction of sp³-hybridized carbons (Fsp3) is 0. The molecule has 11 aromatic rings. The summed E-state index contributed by atoms with van der Waals surface area (Å²) in [5, 5.41) is 12.1. The highest BCUT2D eigenvalue weighted by atomic mass is 32.1. The van der Waals surface area contributed by atoms with Gasteiger partial charge < -0.3 is 8.83 Å². The molecule has 0 radical (unpaired) electrons. The third-order valence-corrected chi connectivity index (χ3v) is 11.0. The van der Waals surface area contributed by atoms with Crippen molar-refractivity contribution < 1.29 is 8.83 Å². The van der Waals surface area contributed by atoms with E-state index in [4.69, 9.17) is 8.83 Å². The molecular weight excluding hydrogens is 593 g/mol. The highest BCUT2D eigenvalue weighted by molar-refractivity contribution is 7.26. The van der Waals surface area contributed by atoms with E-state index < -0.39 is 0 Å². The lowest BCUT2D eigenvalue weighted by Crippen LogP contribution is -1.90. The molecule has 3 heterocycles. The van der Waals surface area contributed by atoms with Gasteiger partial charge >= 0.3 is 0 Å². The topological polar surface area (TPSA) is 26.3 Å². The van der Waals surface area contributed by atoms with E-state index in [2.05, 4.69) is 133 Å². The van der Waals surface area contributed by atoms with Gasteiger partial charge in [-0.25, -0.2) is 0 Å². The van der Waals surface area contributed by atoms with Crippen LogP contribution in [-0.2, 0) is 0 Å². The van der Waals surface area contributed by atoms with Crippen LogP contribution in [0.25, 0.3) is 108 Å². The molecule has 0 bridgehead atoms. The molecule has 0 unspecified atom stereocenters. The normalized spacial score (nSPS) is 12.3. The monoisotopic (exact) mass is 616 g/mol. The molecular formula is C44H24O2S. The lowest BCUT2D eigenvalue weighted by Gasteiger charge is -2.17. The van der Waals surface area contributed by atoms with Gasteiger partial charge in [-0.1, -0.05) is 97.1 Å². The Kier molecular flexibility index (Phi) is 5.02. The summed E-state index contributed by atoms with van der Waals surface area (Å²) in [6, 6.07) is 52.4. The van der Waals surface area contributed by atoms with Crippen LogP contribution in [0.1, 0.15) is 0 Å². The predicted octanol–water partition coefficient (Wildman–Crippen LogP) is 13.5. The van der Waals surface area contributed by atoms with Crippen LogP contribution < -0.4 is 0 Å². The first-order valence-electron chi connectivity index (χ1n) is 15.9. The molecule has 0 saturated heterocycles. The van der Waals surface area contributed by atoms with E-state index in [0.717, 1.165) is 44.1 Å². The van der Waals surface area contributed by atoms with E-state index in [-0.39, 0.29) is 0 Å². The summed E-state index contributed by atoms with van der Waals surface area (Å²) >= 11 is 1.85. The van der Waals surface area contributed by atoms with Crippen molar-refractivity contribution in [1.82, 2.24) is 0 Å². The van der Waals surface area contributed by atoms with Gasteiger partial charge in [-0.05, 0) is 92.3 Å². The standard InChI is InChI=1S/C44H24O2S/c1-3-12-31-29(10-1)41(25-18-20-36-34(23-25)43-37(45-36)21-22-40-44(43)33-14-6-8-16-39(33)47-40)30-11-2-4-13-32(30)42(31)26-17-19-28-27-9-5-7-15-35(27)46-38(28)24-26/h1-24H. The number of rotatable bonds is 2. The summed E-state index contributed by atoms with van der Waals surface area (Å²) in [5.74, 6) is 0. The molecule has 8 aromatic carbocycles. The molecule has 0 N–H and O–H groups in total. The third-order valence-electron chi connectivity index (χ3n) is 9.86. The number of thiophene rings is 1. The Bertz CT molecular complexity index is 3020. The Morgan fingerprint density at radius 3 is 1.60 bits per heavy atom. The second-order valence-electron chi connectivity index (χ2n) is 12.4. The van der Waals surface area contributed by atoms with Crippen LogP contribution in [0.4, 0.5) is 0 Å². The fourth-order valence-electron chi connectivity index (χ4n) is 7.87. The molecule has 0 spiro atoms. The molecule has 2 nitrogen and oxygen atoms in total. The first-order valence-corrected chi connectivity index (χ1v) is 16.7. The van der Waals surface area contributed by atoms with E-state index >= 15 is 0 Å². The molecule has 218 valence electrons. The quantitative estimate of drug-likeness (QED) is 0.181. The SMILES string of the molecule is c1ccc2c(c1)oc1cc(-c3c4ccccc4c(-c4ccc5oc6ccc7sc8ccccc8c7c6c5c4)c4ccccc34)ccc12. The number of fused-ring (bicyclic) bond motifs is 12. The zero-order valence-electron chi connectivity index (χ0n) is 25.1. The first-order chi connectivity index (χ1) is 23.3. The molecule has 3 aromatic heterocycles. The molecule has 0 fully saturated rings. The Labute approximate surface area is 272 Å². The zero-order valence-corrected chi connectivity index (χ0v) is 25.9. The predicted molar refractivity (Wildman–Crippen MR) is 200 cm³/mol. The number of para-hydroxylation sites is 1. The van der Waals surface area contributed by atoms with Crippen molar-refractivity contribution in [2.24, 2.45) is 0 Å². The molecule has 0 saturated carbocycles. The van der Waals surface area contributed by atoms with Crippen LogP contribution in [0.3, 0.4) is 0 Å². The largest absolute Gasteiger partial charge is 0.456 e. The maximum absolute atomic E-state index is 6.47. The van der Waals surface area contributed by atoms with Gasteiger partial charge in [0.25, 0.3) is 0 Å². The lowest BCUT2D eigenvalue weighted by atomic mass is 9.85. The van der Waals surface area contributed by atoms with Gasteiger partial charge in [-0.3, -0.25) is 0 Å². The summed E-state index contributed by atoms with van der Waals surface area (Å²) in [4.78, 5) is 0. The molecule has 0 amide bonds. The number of hydrogen-bond acceptors (Lipinski definition) is 3. The second-order valence-corrected chi connectivity index (χ2v) is 13.5. The maximum Gasteiger partial charge on any atom is 0.136 e. The minimum Gasteiger partial charge on any atom is -0.456 e. The van der Waals surface area contributed by atoms with Crippen LogP contribution in [0, 0.1) is 0 Å². The van der Waals surface area contributed by atoms with Gasteiger partial charge in [0.2, 0.25) is 0 Å². The number of benzene rings is 8. The molecule has 0 atom stereocenters. The van der Waals surface area contributed by atoms with Crippen molar-refractivity contribution in [3.05, 3.63) is 146 Å². The summed E-state index contributed by atoms with van der Waals surface area (Å²) in [7, 11) is 0. The molecule has 0 aliphatic carbocycles. The summed E-state index contributed by atoms with van der Waals surface area (Å²) < 4.78 is 15.4. The van der Waals surface area contributed by atoms with Gasteiger partial charge in [-0.15, -0.1) is 11.3 Å². The van der Waals surface area contributed by atoms with Crippen LogP contribution in [0.15, 0.2) is 154 Å². The van der Waals surface area contributed by atoms with E-state index in [0.29, 0.717) is 0 Å². The highest BCUT2D eigenvalue weighted by Crippen LogP contribution is 2.47. The van der Waals surface area contributed by atoms with Crippen molar-refractivity contribution in [2.75, 3.05) is 0 Å². The van der Waals surface area contributed by atoms with E-state index in [1.54, 1.807) is 0 Å². The molecule has 0 aliphatic rings. The summed E-state index contributed by atoms with van der Waals surface area (Å²) in [6.45, 7) is 0.